The molecule has 0 bridgehead atoms. The van der Waals surface area contributed by atoms with E-state index in [0.29, 0.717) is 0 Å². The molecule has 0 amide bonds. The highest BCUT2D eigenvalue weighted by Crippen LogP contribution is 2.03. The number of allylic oxidation sites excluding steroid dienone is 8. The van der Waals surface area contributed by atoms with Gasteiger partial charge in [0.1, 0.15) is 0 Å². The molecule has 0 atom stereocenters. The van der Waals surface area contributed by atoms with Crippen LogP contribution in [0.4, 0.5) is 0 Å². The van der Waals surface area contributed by atoms with Gasteiger partial charge in [0.05, 0.1) is 0 Å². The van der Waals surface area contributed by atoms with Crippen LogP contribution in [0.2, 0.25) is 0 Å². The van der Waals surface area contributed by atoms with Crippen LogP contribution in [-0.2, 0) is 0 Å². The van der Waals surface area contributed by atoms with Crippen molar-refractivity contribution >= 4 is 0 Å². The average Bonchev–Trinajstić information content (AvgIpc) is 2.22. The van der Waals surface area contributed by atoms with E-state index in [0.717, 1.165) is 12.8 Å². The van der Waals surface area contributed by atoms with Crippen LogP contribution in [0.1, 0.15) is 38.5 Å². The van der Waals surface area contributed by atoms with Crippen LogP contribution in [-0.4, -0.2) is 0 Å². The summed E-state index contributed by atoms with van der Waals surface area (Å²) in [5, 5.41) is 0. The molecule has 1 aliphatic carbocycles. The Kier molecular flexibility index (Phi) is 6.74. The number of rotatable bonds is 0. The predicted octanol–water partition coefficient (Wildman–Crippen LogP) is 4.37. The van der Waals surface area contributed by atoms with Gasteiger partial charge in [-0.1, -0.05) is 42.5 Å². The standard InChI is InChI=1S/C14H19/c1-2-4-6-8-10-12-14-13-11-9-7-5-3-1/h1-3,9,11-12,14H,4,6-8,10,13H2/b2-1-,5-3?,11-9+,14-12+. The van der Waals surface area contributed by atoms with Crippen molar-refractivity contribution in [2.24, 2.45) is 0 Å². The molecule has 0 saturated carbocycles. The number of hydrogen-bond acceptors (Lipinski definition) is 0. The van der Waals surface area contributed by atoms with Crippen LogP contribution in [0.15, 0.2) is 42.5 Å². The Labute approximate surface area is 87.7 Å². The molecule has 1 radical (unpaired) electrons. The SMILES string of the molecule is [C]1=C/C=C\CCCC/C=C/C/C=C/C/1. The van der Waals surface area contributed by atoms with Crippen molar-refractivity contribution < 1.29 is 0 Å². The monoisotopic (exact) mass is 187 g/mol. The largest absolute Gasteiger partial charge is 0.0882 e. The highest BCUT2D eigenvalue weighted by Gasteiger charge is 1.83. The Morgan fingerprint density at radius 2 is 1.57 bits per heavy atom. The lowest BCUT2D eigenvalue weighted by molar-refractivity contribution is 0.761. The molecule has 14 heavy (non-hydrogen) atoms. The molecule has 0 aromatic carbocycles. The van der Waals surface area contributed by atoms with Gasteiger partial charge in [0.15, 0.2) is 0 Å². The summed E-state index contributed by atoms with van der Waals surface area (Å²) < 4.78 is 0. The Hall–Kier alpha value is -1.04. The lowest BCUT2D eigenvalue weighted by atomic mass is 10.1. The molecule has 1 rings (SSSR count). The fourth-order valence-electron chi connectivity index (χ4n) is 1.36. The fourth-order valence-corrected chi connectivity index (χ4v) is 1.36. The van der Waals surface area contributed by atoms with E-state index < -0.39 is 0 Å². The minimum atomic E-state index is 0.929. The quantitative estimate of drug-likeness (QED) is 0.494. The minimum Gasteiger partial charge on any atom is -0.0882 e. The summed E-state index contributed by atoms with van der Waals surface area (Å²) >= 11 is 0. The fraction of sp³-hybridized carbons (Fsp3) is 0.429. The van der Waals surface area contributed by atoms with Crippen LogP contribution < -0.4 is 0 Å². The number of hydrogen-bond donors (Lipinski definition) is 0. The van der Waals surface area contributed by atoms with E-state index >= 15 is 0 Å². The second-order valence-corrected chi connectivity index (χ2v) is 3.47. The summed E-state index contributed by atoms with van der Waals surface area (Å²) in [6, 6.07) is 0. The van der Waals surface area contributed by atoms with Gasteiger partial charge in [-0.25, -0.2) is 0 Å². The third-order valence-electron chi connectivity index (χ3n) is 2.18. The average molecular weight is 187 g/mol. The van der Waals surface area contributed by atoms with Crippen LogP contribution in [0.3, 0.4) is 0 Å². The molecule has 0 fully saturated rings. The van der Waals surface area contributed by atoms with Crippen molar-refractivity contribution in [3.63, 3.8) is 0 Å². The topological polar surface area (TPSA) is 0 Å². The van der Waals surface area contributed by atoms with Gasteiger partial charge in [-0.15, -0.1) is 0 Å². The first-order valence-corrected chi connectivity index (χ1v) is 5.52. The smallest absolute Gasteiger partial charge is 0.00945 e. The molecule has 1 aliphatic rings. The zero-order valence-electron chi connectivity index (χ0n) is 8.78. The normalized spacial score (nSPS) is 28.6. The van der Waals surface area contributed by atoms with Gasteiger partial charge in [-0.2, -0.15) is 0 Å². The van der Waals surface area contributed by atoms with Gasteiger partial charge in [0.2, 0.25) is 0 Å². The van der Waals surface area contributed by atoms with Crippen molar-refractivity contribution in [1.29, 1.82) is 0 Å². The van der Waals surface area contributed by atoms with Gasteiger partial charge in [-0.3, -0.25) is 0 Å². The Bertz CT molecular complexity index is 228. The van der Waals surface area contributed by atoms with E-state index in [-0.39, 0.29) is 0 Å². The molecular weight excluding hydrogens is 168 g/mol. The first-order valence-electron chi connectivity index (χ1n) is 5.52. The highest BCUT2D eigenvalue weighted by atomic mass is 13.9. The summed E-state index contributed by atoms with van der Waals surface area (Å²) in [6.45, 7) is 0. The Balaban J connectivity index is 2.35. The first-order chi connectivity index (χ1) is 7.00. The van der Waals surface area contributed by atoms with E-state index in [1.807, 2.05) is 6.08 Å². The molecule has 0 aromatic rings. The van der Waals surface area contributed by atoms with Gasteiger partial charge in [0, 0.05) is 0 Å². The van der Waals surface area contributed by atoms with Crippen molar-refractivity contribution in [2.75, 3.05) is 0 Å². The maximum atomic E-state index is 3.22. The lowest BCUT2D eigenvalue weighted by Crippen LogP contribution is -1.73. The molecule has 0 spiro atoms. The van der Waals surface area contributed by atoms with Crippen molar-refractivity contribution in [1.82, 2.24) is 0 Å². The molecule has 0 saturated heterocycles. The molecule has 0 unspecified atom stereocenters. The van der Waals surface area contributed by atoms with E-state index in [4.69, 9.17) is 0 Å². The Morgan fingerprint density at radius 1 is 0.786 bits per heavy atom. The van der Waals surface area contributed by atoms with Crippen LogP contribution >= 0.6 is 0 Å². The van der Waals surface area contributed by atoms with Gasteiger partial charge < -0.3 is 0 Å². The third kappa shape index (κ3) is 6.47. The summed E-state index contributed by atoms with van der Waals surface area (Å²) in [5.74, 6) is 0. The van der Waals surface area contributed by atoms with Gasteiger partial charge >= 0.3 is 0 Å². The molecule has 75 valence electrons. The van der Waals surface area contributed by atoms with Crippen molar-refractivity contribution in [3.05, 3.63) is 48.6 Å². The molecule has 0 heteroatoms. The first kappa shape index (κ1) is 11.0. The van der Waals surface area contributed by atoms with E-state index in [9.17, 15) is 0 Å². The lowest BCUT2D eigenvalue weighted by Gasteiger charge is -1.92. The van der Waals surface area contributed by atoms with Gasteiger partial charge in [0.25, 0.3) is 0 Å². The summed E-state index contributed by atoms with van der Waals surface area (Å²) in [6.07, 6.45) is 25.5. The van der Waals surface area contributed by atoms with E-state index in [1.165, 1.54) is 25.7 Å². The minimum absolute atomic E-state index is 0.929. The maximum Gasteiger partial charge on any atom is -0.00945 e. The van der Waals surface area contributed by atoms with Gasteiger partial charge in [-0.05, 0) is 44.6 Å². The molecule has 0 N–H and O–H groups in total. The Morgan fingerprint density at radius 3 is 2.50 bits per heavy atom. The third-order valence-corrected chi connectivity index (χ3v) is 2.18. The summed E-state index contributed by atoms with van der Waals surface area (Å²) in [4.78, 5) is 0. The zero-order valence-corrected chi connectivity index (χ0v) is 8.78. The van der Waals surface area contributed by atoms with Crippen molar-refractivity contribution in [2.45, 2.75) is 38.5 Å². The highest BCUT2D eigenvalue weighted by molar-refractivity contribution is 5.02. The van der Waals surface area contributed by atoms with Crippen LogP contribution in [0.25, 0.3) is 0 Å². The molecular formula is C14H19. The van der Waals surface area contributed by atoms with Crippen molar-refractivity contribution in [3.8, 4) is 0 Å². The van der Waals surface area contributed by atoms with E-state index in [2.05, 4.69) is 42.5 Å². The molecule has 0 heterocycles. The molecule has 0 nitrogen and oxygen atoms in total. The second kappa shape index (κ2) is 8.55. The summed E-state index contributed by atoms with van der Waals surface area (Å²) in [7, 11) is 0. The summed E-state index contributed by atoms with van der Waals surface area (Å²) in [5.41, 5.74) is 0. The van der Waals surface area contributed by atoms with E-state index in [1.54, 1.807) is 0 Å². The zero-order chi connectivity index (χ0) is 9.90. The molecule has 0 aromatic heterocycles. The van der Waals surface area contributed by atoms with Crippen LogP contribution in [0.5, 0.6) is 0 Å². The van der Waals surface area contributed by atoms with Crippen LogP contribution in [0, 0.1) is 6.08 Å². The molecule has 0 aliphatic heterocycles. The second-order valence-electron chi connectivity index (χ2n) is 3.47. The predicted molar refractivity (Wildman–Crippen MR) is 62.9 cm³/mol. The maximum absolute atomic E-state index is 3.22.